The maximum atomic E-state index is 4.90. The number of nitrogens with zero attached hydrogens (tertiary/aromatic N) is 2. The molecule has 0 unspecified atom stereocenters. The van der Waals surface area contributed by atoms with Gasteiger partial charge in [-0.15, -0.1) is 0 Å². The zero-order chi connectivity index (χ0) is 19.5. The Morgan fingerprint density at radius 2 is 0.885 bits per heavy atom. The lowest BCUT2D eigenvalue weighted by molar-refractivity contribution is 0.591. The highest BCUT2D eigenvalue weighted by Gasteiger charge is 2.18. The van der Waals surface area contributed by atoms with Crippen LogP contribution in [0.3, 0.4) is 0 Å². The Morgan fingerprint density at radius 1 is 0.577 bits per heavy atom. The molecule has 2 heteroatoms. The number of para-hydroxylation sites is 2. The van der Waals surface area contributed by atoms with Gasteiger partial charge in [0.15, 0.2) is 0 Å². The Bertz CT molecular complexity index is 756. The molecule has 0 aliphatic heterocycles. The van der Waals surface area contributed by atoms with Gasteiger partial charge in [-0.05, 0) is 47.9 Å². The highest BCUT2D eigenvalue weighted by molar-refractivity contribution is 6.41. The molecule has 0 fully saturated rings. The lowest BCUT2D eigenvalue weighted by atomic mass is 9.86. The molecule has 0 atom stereocenters. The van der Waals surface area contributed by atoms with Crippen LogP contribution in [-0.4, -0.2) is 11.4 Å². The largest absolute Gasteiger partial charge is 0.252 e. The average Bonchev–Trinajstić information content (AvgIpc) is 2.53. The van der Waals surface area contributed by atoms with Crippen LogP contribution in [0.2, 0.25) is 0 Å². The maximum Gasteiger partial charge on any atom is 0.0670 e. The Morgan fingerprint density at radius 3 is 1.19 bits per heavy atom. The summed E-state index contributed by atoms with van der Waals surface area (Å²) in [6.07, 6.45) is 0. The van der Waals surface area contributed by atoms with E-state index in [0.29, 0.717) is 0 Å². The van der Waals surface area contributed by atoms with E-state index in [1.807, 2.05) is 26.0 Å². The van der Waals surface area contributed by atoms with Crippen molar-refractivity contribution in [2.75, 3.05) is 0 Å². The van der Waals surface area contributed by atoms with Gasteiger partial charge in [-0.2, -0.15) is 0 Å². The first-order valence-electron chi connectivity index (χ1n) is 9.30. The summed E-state index contributed by atoms with van der Waals surface area (Å²) >= 11 is 0. The molecule has 0 spiro atoms. The quantitative estimate of drug-likeness (QED) is 0.525. The van der Waals surface area contributed by atoms with Crippen molar-refractivity contribution < 1.29 is 0 Å². The van der Waals surface area contributed by atoms with Crippen LogP contribution in [0.1, 0.15) is 66.5 Å². The fraction of sp³-hybridized carbons (Fsp3) is 0.417. The van der Waals surface area contributed by atoms with Crippen molar-refractivity contribution in [2.45, 2.75) is 66.2 Å². The molecule has 2 aromatic rings. The van der Waals surface area contributed by atoms with Crippen molar-refractivity contribution in [1.82, 2.24) is 0 Å². The van der Waals surface area contributed by atoms with Gasteiger partial charge in [-0.3, -0.25) is 9.98 Å². The molecule has 0 saturated heterocycles. The van der Waals surface area contributed by atoms with Crippen LogP contribution in [0, 0.1) is 0 Å². The van der Waals surface area contributed by atoms with Gasteiger partial charge in [-0.1, -0.05) is 77.9 Å². The van der Waals surface area contributed by atoms with Crippen LogP contribution >= 0.6 is 0 Å². The zero-order valence-corrected chi connectivity index (χ0v) is 17.5. The minimum atomic E-state index is 0.0598. The summed E-state index contributed by atoms with van der Waals surface area (Å²) in [5.41, 5.74) is 6.57. The SMILES string of the molecule is CC(=N\c1ccccc1C(C)(C)C)/C(C)=N/c1ccccc1C(C)(C)C. The smallest absolute Gasteiger partial charge is 0.0670 e. The summed E-state index contributed by atoms with van der Waals surface area (Å²) in [5, 5.41) is 0. The number of benzene rings is 2. The summed E-state index contributed by atoms with van der Waals surface area (Å²) in [7, 11) is 0. The third kappa shape index (κ3) is 4.91. The van der Waals surface area contributed by atoms with Crippen molar-refractivity contribution in [2.24, 2.45) is 9.98 Å². The van der Waals surface area contributed by atoms with E-state index in [1.165, 1.54) is 11.1 Å². The molecular formula is C24H32N2. The van der Waals surface area contributed by atoms with Gasteiger partial charge in [0.1, 0.15) is 0 Å². The van der Waals surface area contributed by atoms with E-state index < -0.39 is 0 Å². The minimum Gasteiger partial charge on any atom is -0.252 e. The van der Waals surface area contributed by atoms with Crippen LogP contribution in [-0.2, 0) is 10.8 Å². The fourth-order valence-corrected chi connectivity index (χ4v) is 2.93. The van der Waals surface area contributed by atoms with Gasteiger partial charge in [0, 0.05) is 0 Å². The summed E-state index contributed by atoms with van der Waals surface area (Å²) in [6.45, 7) is 17.4. The summed E-state index contributed by atoms with van der Waals surface area (Å²) in [4.78, 5) is 9.80. The zero-order valence-electron chi connectivity index (χ0n) is 17.5. The van der Waals surface area contributed by atoms with Gasteiger partial charge in [0.25, 0.3) is 0 Å². The molecule has 2 aromatic carbocycles. The topological polar surface area (TPSA) is 24.7 Å². The van der Waals surface area contributed by atoms with Gasteiger partial charge in [0.05, 0.1) is 22.8 Å². The monoisotopic (exact) mass is 348 g/mol. The van der Waals surface area contributed by atoms with Crippen molar-refractivity contribution in [3.05, 3.63) is 59.7 Å². The van der Waals surface area contributed by atoms with E-state index in [-0.39, 0.29) is 10.8 Å². The Kier molecular flexibility index (Phi) is 5.85. The minimum absolute atomic E-state index is 0.0598. The second-order valence-corrected chi connectivity index (χ2v) is 8.93. The maximum absolute atomic E-state index is 4.90. The normalized spacial score (nSPS) is 13.8. The lowest BCUT2D eigenvalue weighted by Gasteiger charge is -2.22. The Balaban J connectivity index is 2.45. The van der Waals surface area contributed by atoms with Crippen molar-refractivity contribution in [3.63, 3.8) is 0 Å². The number of rotatable bonds is 3. The fourth-order valence-electron chi connectivity index (χ4n) is 2.93. The van der Waals surface area contributed by atoms with Crippen molar-refractivity contribution in [1.29, 1.82) is 0 Å². The van der Waals surface area contributed by atoms with Gasteiger partial charge < -0.3 is 0 Å². The molecule has 0 bridgehead atoms. The van der Waals surface area contributed by atoms with Gasteiger partial charge in [0.2, 0.25) is 0 Å². The van der Waals surface area contributed by atoms with Crippen molar-refractivity contribution in [3.8, 4) is 0 Å². The van der Waals surface area contributed by atoms with Gasteiger partial charge in [-0.25, -0.2) is 0 Å². The van der Waals surface area contributed by atoms with E-state index in [9.17, 15) is 0 Å². The predicted octanol–water partition coefficient (Wildman–Crippen LogP) is 7.17. The second-order valence-electron chi connectivity index (χ2n) is 8.93. The molecule has 0 heterocycles. The molecule has 0 aromatic heterocycles. The average molecular weight is 349 g/mol. The van der Waals surface area contributed by atoms with Crippen LogP contribution in [0.15, 0.2) is 58.5 Å². The van der Waals surface area contributed by atoms with E-state index >= 15 is 0 Å². The van der Waals surface area contributed by atoms with Crippen LogP contribution in [0.25, 0.3) is 0 Å². The molecule has 0 amide bonds. The molecule has 0 radical (unpaired) electrons. The molecule has 0 N–H and O–H groups in total. The highest BCUT2D eigenvalue weighted by Crippen LogP contribution is 2.33. The van der Waals surface area contributed by atoms with E-state index in [4.69, 9.17) is 9.98 Å². The van der Waals surface area contributed by atoms with Crippen molar-refractivity contribution >= 4 is 22.8 Å². The molecule has 0 saturated carbocycles. The van der Waals surface area contributed by atoms with E-state index in [0.717, 1.165) is 22.8 Å². The molecule has 138 valence electrons. The summed E-state index contributed by atoms with van der Waals surface area (Å²) in [6, 6.07) is 16.7. The highest BCUT2D eigenvalue weighted by atomic mass is 14.8. The standard InChI is InChI=1S/C24H32N2/c1-17(25-21-15-11-9-13-19(21)23(3,4)5)18(2)26-22-16-12-10-14-20(22)24(6,7)8/h9-16H,1-8H3/b25-17+,26-18+. The molecule has 2 rings (SSSR count). The van der Waals surface area contributed by atoms with Gasteiger partial charge >= 0.3 is 0 Å². The Hall–Kier alpha value is -2.22. The first-order chi connectivity index (χ1) is 12.0. The first-order valence-corrected chi connectivity index (χ1v) is 9.30. The number of hydrogen-bond donors (Lipinski definition) is 0. The third-order valence-corrected chi connectivity index (χ3v) is 4.52. The predicted molar refractivity (Wildman–Crippen MR) is 116 cm³/mol. The van der Waals surface area contributed by atoms with E-state index in [2.05, 4.69) is 77.9 Å². The number of hydrogen-bond acceptors (Lipinski definition) is 2. The summed E-state index contributed by atoms with van der Waals surface area (Å²) < 4.78 is 0. The molecule has 26 heavy (non-hydrogen) atoms. The first kappa shape index (κ1) is 20.1. The van der Waals surface area contributed by atoms with Crippen LogP contribution in [0.4, 0.5) is 11.4 Å². The number of aliphatic imine (C=N–C) groups is 2. The Labute approximate surface area is 159 Å². The van der Waals surface area contributed by atoms with E-state index in [1.54, 1.807) is 0 Å². The molecule has 2 nitrogen and oxygen atoms in total. The van der Waals surface area contributed by atoms with Crippen LogP contribution in [0.5, 0.6) is 0 Å². The lowest BCUT2D eigenvalue weighted by Crippen LogP contribution is -2.13. The second kappa shape index (κ2) is 7.57. The molecule has 0 aliphatic rings. The molecule has 0 aliphatic carbocycles. The molecular weight excluding hydrogens is 316 g/mol. The third-order valence-electron chi connectivity index (χ3n) is 4.52. The van der Waals surface area contributed by atoms with Crippen LogP contribution < -0.4 is 0 Å². The summed E-state index contributed by atoms with van der Waals surface area (Å²) in [5.74, 6) is 0.